The van der Waals surface area contributed by atoms with Gasteiger partial charge in [-0.3, -0.25) is 9.59 Å². The molecule has 2 aliphatic heterocycles. The zero-order chi connectivity index (χ0) is 38.7. The third kappa shape index (κ3) is 7.44. The third-order valence-electron chi connectivity index (χ3n) is 10.1. The van der Waals surface area contributed by atoms with E-state index in [0.29, 0.717) is 35.9 Å². The number of thioether (sulfide) groups is 2. The fraction of sp³-hybridized carbons (Fsp3) is 0.317. The van der Waals surface area contributed by atoms with Crippen LogP contribution in [-0.4, -0.2) is 45.0 Å². The number of aryl methyl sites for hydroxylation is 2. The van der Waals surface area contributed by atoms with Gasteiger partial charge in [-0.05, 0) is 110 Å². The van der Waals surface area contributed by atoms with Gasteiger partial charge in [-0.15, -0.1) is 0 Å². The minimum absolute atomic E-state index is 0.0745. The molecule has 2 unspecified atom stereocenters. The Hall–Kier alpha value is -4.50. The van der Waals surface area contributed by atoms with Crippen LogP contribution in [0.15, 0.2) is 95.1 Å². The monoisotopic (exact) mass is 788 g/mol. The molecule has 4 aromatic carbocycles. The Morgan fingerprint density at radius 2 is 1.09 bits per heavy atom. The van der Waals surface area contributed by atoms with Crippen LogP contribution in [0.4, 0.5) is 17.6 Å². The number of benzene rings is 4. The molecule has 8 rings (SSSR count). The summed E-state index contributed by atoms with van der Waals surface area (Å²) in [5, 5.41) is 12.5. The smallest absolute Gasteiger partial charge is 0.245 e. The van der Waals surface area contributed by atoms with Crippen molar-refractivity contribution in [3.05, 3.63) is 142 Å². The Kier molecular flexibility index (Phi) is 11.5. The van der Waals surface area contributed by atoms with Crippen LogP contribution >= 0.6 is 23.5 Å². The standard InChI is InChI=1S/C21H21F2N3OS.C20H19F2N3OS/c22-15-9-10-18(23)16(13-15)20-25-26(19(27)8-4-12-24)21(28-20)11-3-6-14-5-1-2-7-17(14)21;21-14-7-8-17(22)15(12-14)19-24-25(18(26)9-11-23)20(27-19)10-3-5-13-4-1-2-6-16(13)20/h1-2,5,7,9-10,13H,3-4,6,8,11-12,24H2;1-2,4,6-8,12H,3,5,9-11,23H2. The number of hydrogen-bond donors (Lipinski definition) is 2. The van der Waals surface area contributed by atoms with Crippen molar-refractivity contribution < 1.29 is 27.2 Å². The molecule has 0 radical (unpaired) electrons. The van der Waals surface area contributed by atoms with Crippen molar-refractivity contribution in [3.8, 4) is 0 Å². The predicted octanol–water partition coefficient (Wildman–Crippen LogP) is 7.87. The van der Waals surface area contributed by atoms with Crippen molar-refractivity contribution in [3.63, 3.8) is 0 Å². The minimum atomic E-state index is -0.741. The largest absolute Gasteiger partial charge is 0.330 e. The van der Waals surface area contributed by atoms with Crippen LogP contribution in [0.25, 0.3) is 0 Å². The van der Waals surface area contributed by atoms with Gasteiger partial charge in [0.05, 0.1) is 0 Å². The van der Waals surface area contributed by atoms with Crippen LogP contribution in [0.3, 0.4) is 0 Å². The summed E-state index contributed by atoms with van der Waals surface area (Å²) in [6.07, 6.45) is 5.97. The number of rotatable bonds is 7. The summed E-state index contributed by atoms with van der Waals surface area (Å²) in [6, 6.07) is 22.5. The number of nitrogens with zero attached hydrogens (tertiary/aromatic N) is 4. The molecule has 55 heavy (non-hydrogen) atoms. The van der Waals surface area contributed by atoms with Crippen LogP contribution in [0, 0.1) is 23.3 Å². The SMILES string of the molecule is NCCC(=O)N1N=C(c2cc(F)ccc2F)SC12CCCc1ccccc12.NCCCC(=O)N1N=C(c2cc(F)ccc2F)SC12CCCc1ccccc12. The molecule has 0 aromatic heterocycles. The molecule has 286 valence electrons. The van der Waals surface area contributed by atoms with Crippen LogP contribution in [0.5, 0.6) is 0 Å². The Morgan fingerprint density at radius 3 is 1.55 bits per heavy atom. The fourth-order valence-electron chi connectivity index (χ4n) is 7.63. The second kappa shape index (κ2) is 16.3. The molecule has 2 spiro atoms. The van der Waals surface area contributed by atoms with Crippen molar-refractivity contribution in [1.82, 2.24) is 10.0 Å². The van der Waals surface area contributed by atoms with Crippen molar-refractivity contribution in [1.29, 1.82) is 0 Å². The number of amides is 2. The number of nitrogens with two attached hydrogens (primary N) is 2. The van der Waals surface area contributed by atoms with Crippen molar-refractivity contribution in [2.24, 2.45) is 21.7 Å². The summed E-state index contributed by atoms with van der Waals surface area (Å²) in [5.41, 5.74) is 15.7. The summed E-state index contributed by atoms with van der Waals surface area (Å²) in [5.74, 6) is -2.56. The molecule has 4 N–H and O–H groups in total. The number of carbonyl (C=O) groups is 2. The average Bonchev–Trinajstić information content (AvgIpc) is 3.76. The number of hydrogen-bond acceptors (Lipinski definition) is 8. The highest BCUT2D eigenvalue weighted by Gasteiger charge is 2.52. The Bertz CT molecular complexity index is 2190. The minimum Gasteiger partial charge on any atom is -0.330 e. The van der Waals surface area contributed by atoms with Gasteiger partial charge in [0.2, 0.25) is 11.8 Å². The summed E-state index contributed by atoms with van der Waals surface area (Å²) in [6.45, 7) is 0.613. The van der Waals surface area contributed by atoms with Crippen LogP contribution < -0.4 is 11.5 Å². The third-order valence-corrected chi connectivity index (χ3v) is 13.0. The molecule has 8 nitrogen and oxygen atoms in total. The van der Waals surface area contributed by atoms with E-state index in [0.717, 1.165) is 84.3 Å². The lowest BCUT2D eigenvalue weighted by Gasteiger charge is -2.40. The molecule has 0 bridgehead atoms. The topological polar surface area (TPSA) is 117 Å². The van der Waals surface area contributed by atoms with Crippen LogP contribution in [0.2, 0.25) is 0 Å². The highest BCUT2D eigenvalue weighted by molar-refractivity contribution is 8.15. The first kappa shape index (κ1) is 38.8. The Morgan fingerprint density at radius 1 is 0.636 bits per heavy atom. The van der Waals surface area contributed by atoms with Gasteiger partial charge in [-0.25, -0.2) is 27.6 Å². The molecule has 2 heterocycles. The van der Waals surface area contributed by atoms with Gasteiger partial charge < -0.3 is 11.5 Å². The Balaban J connectivity index is 0.000000169. The highest BCUT2D eigenvalue weighted by Crippen LogP contribution is 2.55. The maximum Gasteiger partial charge on any atom is 0.245 e. The van der Waals surface area contributed by atoms with Crippen LogP contribution in [-0.2, 0) is 32.2 Å². The molecule has 14 heteroatoms. The van der Waals surface area contributed by atoms with E-state index in [1.165, 1.54) is 33.5 Å². The van der Waals surface area contributed by atoms with Crippen molar-refractivity contribution >= 4 is 45.4 Å². The van der Waals surface area contributed by atoms with Gasteiger partial charge in [-0.1, -0.05) is 72.1 Å². The number of carbonyl (C=O) groups excluding carboxylic acids is 2. The molecule has 0 saturated carbocycles. The van der Waals surface area contributed by atoms with Gasteiger partial charge >= 0.3 is 0 Å². The second-order valence-electron chi connectivity index (χ2n) is 13.7. The lowest BCUT2D eigenvalue weighted by atomic mass is 9.86. The first-order chi connectivity index (χ1) is 26.6. The zero-order valence-electron chi connectivity index (χ0n) is 29.9. The molecule has 4 aromatic rings. The van der Waals surface area contributed by atoms with E-state index in [1.54, 1.807) is 0 Å². The number of halogens is 4. The maximum absolute atomic E-state index is 14.4. The summed E-state index contributed by atoms with van der Waals surface area (Å²) in [4.78, 5) is 24.3. The normalized spacial score (nSPS) is 21.1. The van der Waals surface area contributed by atoms with E-state index in [-0.39, 0.29) is 42.3 Å². The second-order valence-corrected chi connectivity index (χ2v) is 16.2. The van der Waals surface area contributed by atoms with E-state index in [9.17, 15) is 27.2 Å². The first-order valence-corrected chi connectivity index (χ1v) is 19.9. The lowest BCUT2D eigenvalue weighted by molar-refractivity contribution is -0.135. The molecular formula is C41H40F4N6O2S2. The van der Waals surface area contributed by atoms with Gasteiger partial charge in [0, 0.05) is 30.5 Å². The molecule has 2 aliphatic carbocycles. The summed E-state index contributed by atoms with van der Waals surface area (Å²) < 4.78 is 56.3. The molecule has 0 saturated heterocycles. The molecule has 4 aliphatic rings. The number of fused-ring (bicyclic) bond motifs is 4. The van der Waals surface area contributed by atoms with E-state index in [1.807, 2.05) is 42.5 Å². The molecular weight excluding hydrogens is 749 g/mol. The Labute approximate surface area is 325 Å². The first-order valence-electron chi connectivity index (χ1n) is 18.3. The number of hydrazone groups is 2. The molecule has 2 amide bonds. The molecule has 0 fully saturated rings. The van der Waals surface area contributed by atoms with Crippen molar-refractivity contribution in [2.45, 2.75) is 67.5 Å². The average molecular weight is 789 g/mol. The van der Waals surface area contributed by atoms with E-state index in [2.05, 4.69) is 16.3 Å². The highest BCUT2D eigenvalue weighted by atomic mass is 32.2. The lowest BCUT2D eigenvalue weighted by Crippen LogP contribution is -2.44. The van der Waals surface area contributed by atoms with E-state index in [4.69, 9.17) is 11.5 Å². The fourth-order valence-corrected chi connectivity index (χ4v) is 10.6. The van der Waals surface area contributed by atoms with Gasteiger partial charge in [0.15, 0.2) is 0 Å². The van der Waals surface area contributed by atoms with E-state index >= 15 is 0 Å². The van der Waals surface area contributed by atoms with Crippen molar-refractivity contribution in [2.75, 3.05) is 13.1 Å². The van der Waals surface area contributed by atoms with Gasteiger partial charge in [0.1, 0.15) is 43.1 Å². The van der Waals surface area contributed by atoms with Gasteiger partial charge in [0.25, 0.3) is 0 Å². The zero-order valence-corrected chi connectivity index (χ0v) is 31.6. The molecule has 2 atom stereocenters. The van der Waals surface area contributed by atoms with Crippen LogP contribution in [0.1, 0.15) is 78.3 Å². The maximum atomic E-state index is 14.4. The summed E-state index contributed by atoms with van der Waals surface area (Å²) >= 11 is 2.66. The predicted molar refractivity (Wildman–Crippen MR) is 209 cm³/mol. The summed E-state index contributed by atoms with van der Waals surface area (Å²) in [7, 11) is 0. The van der Waals surface area contributed by atoms with E-state index < -0.39 is 33.0 Å². The quantitative estimate of drug-likeness (QED) is 0.184. The van der Waals surface area contributed by atoms with Gasteiger partial charge in [-0.2, -0.15) is 10.2 Å².